The molecule has 1 fully saturated rings. The quantitative estimate of drug-likeness (QED) is 0.684. The normalized spacial score (nSPS) is 16.2. The van der Waals surface area contributed by atoms with E-state index >= 15 is 0 Å². The second kappa shape index (κ2) is 8.24. The summed E-state index contributed by atoms with van der Waals surface area (Å²) in [6.07, 6.45) is 5.39. The summed E-state index contributed by atoms with van der Waals surface area (Å²) in [4.78, 5) is 13.0. The Labute approximate surface area is 163 Å². The summed E-state index contributed by atoms with van der Waals surface area (Å²) >= 11 is 0. The zero-order valence-electron chi connectivity index (χ0n) is 14.6. The standard InChI is InChI=1S/C16H20FN5O3S.ClH/c1-26(24,25)21-14-11-12(3-4-13(14)17)20-15(23)16(5-8-18-9-6-16)22-10-2-7-19-22;/h2-4,7,10-11,18,21H,5-6,8-9H2,1H3,(H,20,23);1H. The number of piperidine rings is 1. The van der Waals surface area contributed by atoms with Crippen molar-refractivity contribution in [3.05, 3.63) is 42.5 Å². The summed E-state index contributed by atoms with van der Waals surface area (Å²) in [5.74, 6) is -1.00. The van der Waals surface area contributed by atoms with Crippen LogP contribution in [0.1, 0.15) is 12.8 Å². The summed E-state index contributed by atoms with van der Waals surface area (Å²) in [6, 6.07) is 5.50. The molecule has 1 aromatic carbocycles. The number of hydrogen-bond acceptors (Lipinski definition) is 5. The molecule has 1 aliphatic rings. The van der Waals surface area contributed by atoms with Crippen molar-refractivity contribution in [2.75, 3.05) is 29.4 Å². The number of halogens is 2. The molecule has 2 aromatic rings. The van der Waals surface area contributed by atoms with Gasteiger partial charge in [0.2, 0.25) is 10.0 Å². The fourth-order valence-corrected chi connectivity index (χ4v) is 3.61. The highest BCUT2D eigenvalue weighted by Gasteiger charge is 2.42. The predicted octanol–water partition coefficient (Wildman–Crippen LogP) is 1.53. The van der Waals surface area contributed by atoms with Gasteiger partial charge in [-0.3, -0.25) is 14.2 Å². The number of carbonyl (C=O) groups is 1. The smallest absolute Gasteiger partial charge is 0.252 e. The summed E-state index contributed by atoms with van der Waals surface area (Å²) < 4.78 is 40.3. The largest absolute Gasteiger partial charge is 0.324 e. The number of nitrogens with zero attached hydrogens (tertiary/aromatic N) is 2. The number of anilines is 2. The van der Waals surface area contributed by atoms with E-state index in [1.165, 1.54) is 12.1 Å². The molecule has 3 rings (SSSR count). The van der Waals surface area contributed by atoms with Crippen LogP contribution in [0.3, 0.4) is 0 Å². The van der Waals surface area contributed by atoms with Gasteiger partial charge in [0, 0.05) is 18.1 Å². The van der Waals surface area contributed by atoms with Gasteiger partial charge < -0.3 is 10.6 Å². The van der Waals surface area contributed by atoms with Gasteiger partial charge >= 0.3 is 0 Å². The fourth-order valence-electron chi connectivity index (χ4n) is 3.05. The maximum Gasteiger partial charge on any atom is 0.252 e. The van der Waals surface area contributed by atoms with Gasteiger partial charge in [-0.05, 0) is 50.2 Å². The third kappa shape index (κ3) is 4.76. The van der Waals surface area contributed by atoms with Crippen LogP contribution >= 0.6 is 12.4 Å². The minimum atomic E-state index is -3.64. The van der Waals surface area contributed by atoms with E-state index in [1.807, 2.05) is 0 Å². The second-order valence-corrected chi connectivity index (χ2v) is 8.00. The van der Waals surface area contributed by atoms with Crippen LogP contribution in [-0.2, 0) is 20.4 Å². The Hall–Kier alpha value is -2.17. The van der Waals surface area contributed by atoms with E-state index in [-0.39, 0.29) is 24.0 Å². The monoisotopic (exact) mass is 417 g/mol. The van der Waals surface area contributed by atoms with Crippen LogP contribution in [0.4, 0.5) is 15.8 Å². The van der Waals surface area contributed by atoms with Crippen molar-refractivity contribution < 1.29 is 17.6 Å². The Bertz CT molecular complexity index is 899. The molecule has 0 bridgehead atoms. The molecule has 0 saturated carbocycles. The number of carbonyl (C=O) groups excluding carboxylic acids is 1. The van der Waals surface area contributed by atoms with Crippen LogP contribution in [0.2, 0.25) is 0 Å². The van der Waals surface area contributed by atoms with Crippen LogP contribution in [0.15, 0.2) is 36.7 Å². The SMILES string of the molecule is CS(=O)(=O)Nc1cc(NC(=O)C2(n3cccn3)CCNCC2)ccc1F.Cl. The Morgan fingerprint density at radius 3 is 2.63 bits per heavy atom. The molecule has 0 aliphatic carbocycles. The van der Waals surface area contributed by atoms with E-state index in [2.05, 4.69) is 20.5 Å². The third-order valence-corrected chi connectivity index (χ3v) is 4.91. The van der Waals surface area contributed by atoms with E-state index in [1.54, 1.807) is 23.1 Å². The highest BCUT2D eigenvalue weighted by atomic mass is 35.5. The highest BCUT2D eigenvalue weighted by Crippen LogP contribution is 2.29. The van der Waals surface area contributed by atoms with E-state index in [0.29, 0.717) is 31.6 Å². The first-order valence-corrected chi connectivity index (χ1v) is 9.99. The van der Waals surface area contributed by atoms with Crippen LogP contribution in [0, 0.1) is 5.82 Å². The Morgan fingerprint density at radius 1 is 1.33 bits per heavy atom. The molecule has 0 unspecified atom stereocenters. The molecule has 27 heavy (non-hydrogen) atoms. The lowest BCUT2D eigenvalue weighted by atomic mass is 9.87. The van der Waals surface area contributed by atoms with E-state index in [9.17, 15) is 17.6 Å². The summed E-state index contributed by atoms with van der Waals surface area (Å²) in [5.41, 5.74) is -0.774. The molecule has 3 N–H and O–H groups in total. The molecule has 1 aliphatic heterocycles. The first-order chi connectivity index (χ1) is 12.3. The minimum absolute atomic E-state index is 0. The van der Waals surface area contributed by atoms with Crippen molar-refractivity contribution in [3.63, 3.8) is 0 Å². The molecule has 1 amide bonds. The second-order valence-electron chi connectivity index (χ2n) is 6.26. The van der Waals surface area contributed by atoms with Crippen molar-refractivity contribution >= 4 is 39.7 Å². The number of rotatable bonds is 5. The topological polar surface area (TPSA) is 105 Å². The lowest BCUT2D eigenvalue weighted by molar-refractivity contribution is -0.126. The molecule has 2 heterocycles. The van der Waals surface area contributed by atoms with Crippen molar-refractivity contribution in [1.82, 2.24) is 15.1 Å². The highest BCUT2D eigenvalue weighted by molar-refractivity contribution is 7.92. The van der Waals surface area contributed by atoms with E-state index in [0.717, 1.165) is 12.3 Å². The van der Waals surface area contributed by atoms with Crippen molar-refractivity contribution in [3.8, 4) is 0 Å². The average Bonchev–Trinajstić information content (AvgIpc) is 3.12. The Morgan fingerprint density at radius 2 is 2.04 bits per heavy atom. The van der Waals surface area contributed by atoms with Gasteiger partial charge in [-0.25, -0.2) is 12.8 Å². The molecule has 1 aromatic heterocycles. The Balaban J connectivity index is 0.00000261. The van der Waals surface area contributed by atoms with Gasteiger partial charge in [0.25, 0.3) is 5.91 Å². The van der Waals surface area contributed by atoms with Crippen LogP contribution in [0.5, 0.6) is 0 Å². The zero-order valence-corrected chi connectivity index (χ0v) is 16.2. The lowest BCUT2D eigenvalue weighted by Gasteiger charge is -2.36. The molecular weight excluding hydrogens is 397 g/mol. The summed E-state index contributed by atoms with van der Waals surface area (Å²) in [7, 11) is -3.64. The van der Waals surface area contributed by atoms with Gasteiger partial charge in [0.15, 0.2) is 0 Å². The van der Waals surface area contributed by atoms with Gasteiger partial charge in [-0.15, -0.1) is 12.4 Å². The molecule has 8 nitrogen and oxygen atoms in total. The molecule has 11 heteroatoms. The molecular formula is C16H21ClFN5O3S. The summed E-state index contributed by atoms with van der Waals surface area (Å²) in [6.45, 7) is 1.33. The average molecular weight is 418 g/mol. The van der Waals surface area contributed by atoms with E-state index in [4.69, 9.17) is 0 Å². The zero-order chi connectivity index (χ0) is 18.8. The van der Waals surface area contributed by atoms with Crippen LogP contribution < -0.4 is 15.4 Å². The molecule has 148 valence electrons. The van der Waals surface area contributed by atoms with Gasteiger partial charge in [0.1, 0.15) is 11.4 Å². The van der Waals surface area contributed by atoms with Crippen molar-refractivity contribution in [2.24, 2.45) is 0 Å². The lowest BCUT2D eigenvalue weighted by Crippen LogP contribution is -2.52. The first-order valence-electron chi connectivity index (χ1n) is 8.10. The summed E-state index contributed by atoms with van der Waals surface area (Å²) in [5, 5.41) is 10.2. The fraction of sp³-hybridized carbons (Fsp3) is 0.375. The number of hydrogen-bond donors (Lipinski definition) is 3. The number of amides is 1. The molecule has 1 saturated heterocycles. The van der Waals surface area contributed by atoms with Crippen molar-refractivity contribution in [2.45, 2.75) is 18.4 Å². The van der Waals surface area contributed by atoms with E-state index < -0.39 is 21.4 Å². The van der Waals surface area contributed by atoms with Crippen molar-refractivity contribution in [1.29, 1.82) is 0 Å². The molecule has 0 spiro atoms. The number of nitrogens with one attached hydrogen (secondary N) is 3. The number of aromatic nitrogens is 2. The number of benzene rings is 1. The Kier molecular flexibility index (Phi) is 6.45. The van der Waals surface area contributed by atoms with Gasteiger partial charge in [0.05, 0.1) is 11.9 Å². The van der Waals surface area contributed by atoms with Gasteiger partial charge in [-0.2, -0.15) is 5.10 Å². The third-order valence-electron chi connectivity index (χ3n) is 4.32. The molecule has 0 atom stereocenters. The first kappa shape index (κ1) is 21.1. The maximum absolute atomic E-state index is 13.8. The van der Waals surface area contributed by atoms with Crippen LogP contribution in [-0.4, -0.2) is 43.5 Å². The predicted molar refractivity (Wildman–Crippen MR) is 103 cm³/mol. The molecule has 0 radical (unpaired) electrons. The maximum atomic E-state index is 13.8. The minimum Gasteiger partial charge on any atom is -0.324 e. The van der Waals surface area contributed by atoms with Gasteiger partial charge in [-0.1, -0.05) is 0 Å². The number of sulfonamides is 1. The van der Waals surface area contributed by atoms with Crippen LogP contribution in [0.25, 0.3) is 0 Å².